The standard InChI is InChI=1S/C13H19IN2OS/c1-3-15(4-2)11-5-6-16(8-11)13(17)10-7-12(14)18-9-10/h7,9,11H,3-6,8H2,1-2H3. The Bertz CT molecular complexity index is 417. The normalized spacial score (nSPS) is 19.8. The maximum atomic E-state index is 12.3. The summed E-state index contributed by atoms with van der Waals surface area (Å²) in [5.74, 6) is 0.198. The van der Waals surface area contributed by atoms with Crippen LogP contribution in [0.25, 0.3) is 0 Å². The Labute approximate surface area is 126 Å². The molecule has 1 amide bonds. The molecule has 1 aromatic heterocycles. The van der Waals surface area contributed by atoms with Crippen LogP contribution in [0.2, 0.25) is 0 Å². The average molecular weight is 378 g/mol. The molecule has 1 aliphatic rings. The number of rotatable bonds is 4. The van der Waals surface area contributed by atoms with Crippen molar-refractivity contribution in [3.05, 3.63) is 19.9 Å². The van der Waals surface area contributed by atoms with Crippen molar-refractivity contribution in [2.24, 2.45) is 0 Å². The van der Waals surface area contributed by atoms with Gasteiger partial charge in [0, 0.05) is 24.5 Å². The Hall–Kier alpha value is -0.140. The Balaban J connectivity index is 1.98. The summed E-state index contributed by atoms with van der Waals surface area (Å²) in [4.78, 5) is 16.8. The van der Waals surface area contributed by atoms with Gasteiger partial charge in [-0.25, -0.2) is 0 Å². The Kier molecular flexibility index (Phi) is 5.03. The van der Waals surface area contributed by atoms with Gasteiger partial charge in [0.2, 0.25) is 0 Å². The summed E-state index contributed by atoms with van der Waals surface area (Å²) in [6, 6.07) is 2.53. The van der Waals surface area contributed by atoms with E-state index in [4.69, 9.17) is 0 Å². The van der Waals surface area contributed by atoms with Gasteiger partial charge in [0.05, 0.1) is 8.45 Å². The van der Waals surface area contributed by atoms with Gasteiger partial charge in [-0.3, -0.25) is 9.69 Å². The molecule has 0 spiro atoms. The van der Waals surface area contributed by atoms with Crippen molar-refractivity contribution in [1.29, 1.82) is 0 Å². The molecule has 0 radical (unpaired) electrons. The zero-order valence-corrected chi connectivity index (χ0v) is 13.8. The van der Waals surface area contributed by atoms with Gasteiger partial charge in [-0.1, -0.05) is 13.8 Å². The molecule has 100 valence electrons. The molecular weight excluding hydrogens is 359 g/mol. The highest BCUT2D eigenvalue weighted by atomic mass is 127. The molecular formula is C13H19IN2OS. The van der Waals surface area contributed by atoms with Gasteiger partial charge in [0.25, 0.3) is 5.91 Å². The lowest BCUT2D eigenvalue weighted by Gasteiger charge is -2.26. The molecule has 1 saturated heterocycles. The number of carbonyl (C=O) groups is 1. The fraction of sp³-hybridized carbons (Fsp3) is 0.615. The van der Waals surface area contributed by atoms with Gasteiger partial charge in [-0.15, -0.1) is 11.3 Å². The fourth-order valence-electron chi connectivity index (χ4n) is 2.57. The van der Waals surface area contributed by atoms with Gasteiger partial charge in [-0.05, 0) is 48.2 Å². The molecule has 0 saturated carbocycles. The first-order valence-electron chi connectivity index (χ1n) is 6.43. The van der Waals surface area contributed by atoms with E-state index in [1.54, 1.807) is 11.3 Å². The van der Waals surface area contributed by atoms with Crippen LogP contribution in [0.3, 0.4) is 0 Å². The van der Waals surface area contributed by atoms with Crippen LogP contribution in [0, 0.1) is 2.88 Å². The van der Waals surface area contributed by atoms with Gasteiger partial charge in [0.1, 0.15) is 0 Å². The lowest BCUT2D eigenvalue weighted by Crippen LogP contribution is -2.38. The number of likely N-dealkylation sites (N-methyl/N-ethyl adjacent to an activating group) is 1. The van der Waals surface area contributed by atoms with Crippen molar-refractivity contribution < 1.29 is 4.79 Å². The van der Waals surface area contributed by atoms with Crippen molar-refractivity contribution in [3.8, 4) is 0 Å². The number of nitrogens with zero attached hydrogens (tertiary/aromatic N) is 2. The zero-order chi connectivity index (χ0) is 13.1. The van der Waals surface area contributed by atoms with Crippen LogP contribution < -0.4 is 0 Å². The molecule has 0 bridgehead atoms. The van der Waals surface area contributed by atoms with Crippen LogP contribution in [0.5, 0.6) is 0 Å². The van der Waals surface area contributed by atoms with E-state index in [-0.39, 0.29) is 5.91 Å². The van der Waals surface area contributed by atoms with Crippen LogP contribution in [0.1, 0.15) is 30.6 Å². The van der Waals surface area contributed by atoms with Crippen LogP contribution in [-0.4, -0.2) is 47.9 Å². The summed E-state index contributed by atoms with van der Waals surface area (Å²) in [6.07, 6.45) is 1.11. The molecule has 18 heavy (non-hydrogen) atoms. The Morgan fingerprint density at radius 2 is 2.28 bits per heavy atom. The van der Waals surface area contributed by atoms with Crippen molar-refractivity contribution >= 4 is 39.8 Å². The van der Waals surface area contributed by atoms with Crippen LogP contribution in [0.4, 0.5) is 0 Å². The number of hydrogen-bond acceptors (Lipinski definition) is 3. The monoisotopic (exact) mass is 378 g/mol. The first-order chi connectivity index (χ1) is 8.65. The number of amides is 1. The van der Waals surface area contributed by atoms with Crippen LogP contribution in [-0.2, 0) is 0 Å². The topological polar surface area (TPSA) is 23.6 Å². The summed E-state index contributed by atoms with van der Waals surface area (Å²) in [7, 11) is 0. The van der Waals surface area contributed by atoms with Gasteiger partial charge < -0.3 is 4.90 Å². The van der Waals surface area contributed by atoms with Gasteiger partial charge in [0.15, 0.2) is 0 Å². The average Bonchev–Trinajstić information content (AvgIpc) is 2.99. The van der Waals surface area contributed by atoms with Crippen molar-refractivity contribution in [2.75, 3.05) is 26.2 Å². The third-order valence-electron chi connectivity index (χ3n) is 3.59. The highest BCUT2D eigenvalue weighted by Gasteiger charge is 2.29. The summed E-state index contributed by atoms with van der Waals surface area (Å²) >= 11 is 3.90. The summed E-state index contributed by atoms with van der Waals surface area (Å²) in [6.45, 7) is 8.29. The molecule has 0 aromatic carbocycles. The Morgan fingerprint density at radius 1 is 1.56 bits per heavy atom. The number of halogens is 1. The molecule has 1 unspecified atom stereocenters. The zero-order valence-electron chi connectivity index (χ0n) is 10.9. The molecule has 1 aliphatic heterocycles. The van der Waals surface area contributed by atoms with E-state index in [2.05, 4.69) is 41.3 Å². The van der Waals surface area contributed by atoms with Crippen molar-refractivity contribution in [3.63, 3.8) is 0 Å². The predicted octanol–water partition coefficient (Wildman–Crippen LogP) is 2.91. The SMILES string of the molecule is CCN(CC)C1CCN(C(=O)c2csc(I)c2)C1. The summed E-state index contributed by atoms with van der Waals surface area (Å²) in [5, 5.41) is 1.97. The maximum Gasteiger partial charge on any atom is 0.254 e. The number of thiophene rings is 1. The quantitative estimate of drug-likeness (QED) is 0.753. The largest absolute Gasteiger partial charge is 0.337 e. The van der Waals surface area contributed by atoms with E-state index < -0.39 is 0 Å². The van der Waals surface area contributed by atoms with Crippen LogP contribution in [0.15, 0.2) is 11.4 Å². The lowest BCUT2D eigenvalue weighted by molar-refractivity contribution is 0.0778. The molecule has 3 nitrogen and oxygen atoms in total. The molecule has 2 heterocycles. The molecule has 5 heteroatoms. The minimum atomic E-state index is 0.198. The highest BCUT2D eigenvalue weighted by Crippen LogP contribution is 2.22. The highest BCUT2D eigenvalue weighted by molar-refractivity contribution is 14.1. The number of likely N-dealkylation sites (tertiary alicyclic amines) is 1. The predicted molar refractivity (Wildman–Crippen MR) is 84.3 cm³/mol. The van der Waals surface area contributed by atoms with E-state index in [1.807, 2.05) is 16.3 Å². The second kappa shape index (κ2) is 6.34. The third kappa shape index (κ3) is 3.05. The van der Waals surface area contributed by atoms with E-state index in [0.29, 0.717) is 6.04 Å². The molecule has 1 fully saturated rings. The van der Waals surface area contributed by atoms with Crippen molar-refractivity contribution in [2.45, 2.75) is 26.3 Å². The number of carbonyl (C=O) groups excluding carboxylic acids is 1. The summed E-state index contributed by atoms with van der Waals surface area (Å²) in [5.41, 5.74) is 0.851. The third-order valence-corrected chi connectivity index (χ3v) is 5.38. The van der Waals surface area contributed by atoms with Gasteiger partial charge >= 0.3 is 0 Å². The van der Waals surface area contributed by atoms with E-state index in [0.717, 1.165) is 38.2 Å². The first kappa shape index (κ1) is 14.3. The fourth-order valence-corrected chi connectivity index (χ4v) is 3.89. The second-order valence-electron chi connectivity index (χ2n) is 4.55. The lowest BCUT2D eigenvalue weighted by atomic mass is 10.2. The van der Waals surface area contributed by atoms with E-state index in [1.165, 1.54) is 2.88 Å². The first-order valence-corrected chi connectivity index (χ1v) is 8.38. The minimum Gasteiger partial charge on any atom is -0.337 e. The minimum absolute atomic E-state index is 0.198. The van der Waals surface area contributed by atoms with Crippen LogP contribution >= 0.6 is 33.9 Å². The molecule has 0 N–H and O–H groups in total. The second-order valence-corrected chi connectivity index (χ2v) is 7.36. The van der Waals surface area contributed by atoms with Crippen molar-refractivity contribution in [1.82, 2.24) is 9.80 Å². The number of hydrogen-bond donors (Lipinski definition) is 0. The van der Waals surface area contributed by atoms with E-state index in [9.17, 15) is 4.79 Å². The molecule has 1 atom stereocenters. The summed E-state index contributed by atoms with van der Waals surface area (Å²) < 4.78 is 1.18. The maximum absolute atomic E-state index is 12.3. The van der Waals surface area contributed by atoms with Gasteiger partial charge in [-0.2, -0.15) is 0 Å². The molecule has 2 rings (SSSR count). The smallest absolute Gasteiger partial charge is 0.254 e. The molecule has 1 aromatic rings. The molecule has 0 aliphatic carbocycles. The Morgan fingerprint density at radius 3 is 2.83 bits per heavy atom. The van der Waals surface area contributed by atoms with E-state index >= 15 is 0 Å².